The van der Waals surface area contributed by atoms with E-state index >= 15 is 0 Å². The van der Waals surface area contributed by atoms with E-state index in [1.165, 1.54) is 10.7 Å². The van der Waals surface area contributed by atoms with Gasteiger partial charge in [0.15, 0.2) is 5.69 Å². The molecule has 3 rings (SSSR count). The average molecular weight is 472 g/mol. The number of nitrogens with one attached hydrogen (secondary N) is 3. The first-order chi connectivity index (χ1) is 15.6. The van der Waals surface area contributed by atoms with Gasteiger partial charge in [-0.2, -0.15) is 5.10 Å². The fourth-order valence-corrected chi connectivity index (χ4v) is 4.60. The summed E-state index contributed by atoms with van der Waals surface area (Å²) < 4.78 is 28.5. The van der Waals surface area contributed by atoms with E-state index < -0.39 is 21.8 Å². The molecule has 1 aromatic heterocycles. The topological polar surface area (TPSA) is 139 Å². The second-order valence-corrected chi connectivity index (χ2v) is 9.17. The number of carbonyl (C=O) groups excluding carboxylic acids is 2. The highest BCUT2D eigenvalue weighted by molar-refractivity contribution is 7.89. The van der Waals surface area contributed by atoms with Crippen molar-refractivity contribution < 1.29 is 18.0 Å². The Morgan fingerprint density at radius 3 is 2.39 bits per heavy atom. The molecule has 3 aromatic rings. The maximum absolute atomic E-state index is 12.6. The molecule has 33 heavy (non-hydrogen) atoms. The first kappa shape index (κ1) is 24.1. The molecule has 0 aliphatic rings. The van der Waals surface area contributed by atoms with Crippen molar-refractivity contribution in [1.29, 1.82) is 0 Å². The molecule has 0 saturated carbocycles. The summed E-state index contributed by atoms with van der Waals surface area (Å²) in [7, 11) is -3.77. The molecule has 174 valence electrons. The SMILES string of the molecule is CCn1nc(C(=O)NNC(=O)CCNS(=O)(=O)c2ccc(C)cc2C)c2ccccc2c1=O. The highest BCUT2D eigenvalue weighted by atomic mass is 32.2. The van der Waals surface area contributed by atoms with E-state index in [0.29, 0.717) is 16.3 Å². The molecular formula is C22H25N5O5S. The summed E-state index contributed by atoms with van der Waals surface area (Å²) in [6.45, 7) is 5.41. The summed E-state index contributed by atoms with van der Waals surface area (Å²) >= 11 is 0. The lowest BCUT2D eigenvalue weighted by molar-refractivity contribution is -0.121. The van der Waals surface area contributed by atoms with Crippen molar-refractivity contribution >= 4 is 32.6 Å². The quantitative estimate of drug-likeness (QED) is 0.442. The Kier molecular flexibility index (Phi) is 7.24. The molecule has 0 spiro atoms. The molecule has 0 aliphatic carbocycles. The van der Waals surface area contributed by atoms with Crippen LogP contribution in [0.4, 0.5) is 0 Å². The van der Waals surface area contributed by atoms with E-state index in [9.17, 15) is 22.8 Å². The van der Waals surface area contributed by atoms with Crippen LogP contribution in [0, 0.1) is 13.8 Å². The molecule has 0 saturated heterocycles. The molecule has 3 N–H and O–H groups in total. The third-order valence-corrected chi connectivity index (χ3v) is 6.58. The molecule has 1 heterocycles. The van der Waals surface area contributed by atoms with Gasteiger partial charge in [0.2, 0.25) is 15.9 Å². The van der Waals surface area contributed by atoms with Gasteiger partial charge in [0, 0.05) is 24.9 Å². The first-order valence-corrected chi connectivity index (χ1v) is 11.8. The van der Waals surface area contributed by atoms with Crippen molar-refractivity contribution in [1.82, 2.24) is 25.4 Å². The van der Waals surface area contributed by atoms with Crippen LogP contribution >= 0.6 is 0 Å². The minimum Gasteiger partial charge on any atom is -0.273 e. The van der Waals surface area contributed by atoms with Gasteiger partial charge in [-0.05, 0) is 38.5 Å². The number of aryl methyl sites for hydroxylation is 3. The fraction of sp³-hybridized carbons (Fsp3) is 0.273. The summed E-state index contributed by atoms with van der Waals surface area (Å²) in [5, 5.41) is 4.79. The lowest BCUT2D eigenvalue weighted by atomic mass is 10.1. The van der Waals surface area contributed by atoms with Crippen LogP contribution in [0.15, 0.2) is 52.2 Å². The number of hydrogen-bond donors (Lipinski definition) is 3. The highest BCUT2D eigenvalue weighted by Gasteiger charge is 2.18. The number of fused-ring (bicyclic) bond motifs is 1. The Bertz CT molecular complexity index is 1380. The molecule has 2 aromatic carbocycles. The second-order valence-electron chi connectivity index (χ2n) is 7.43. The molecule has 0 fully saturated rings. The summed E-state index contributed by atoms with van der Waals surface area (Å²) in [6, 6.07) is 11.5. The number of sulfonamides is 1. The number of hydrogen-bond acceptors (Lipinski definition) is 6. The predicted octanol–water partition coefficient (Wildman–Crippen LogP) is 1.16. The molecule has 10 nitrogen and oxygen atoms in total. The lowest BCUT2D eigenvalue weighted by Gasteiger charge is -2.12. The maximum atomic E-state index is 12.6. The van der Waals surface area contributed by atoms with Gasteiger partial charge in [-0.1, -0.05) is 35.9 Å². The van der Waals surface area contributed by atoms with E-state index in [2.05, 4.69) is 20.7 Å². The summed E-state index contributed by atoms with van der Waals surface area (Å²) in [4.78, 5) is 37.3. The fourth-order valence-electron chi connectivity index (χ4n) is 3.34. The van der Waals surface area contributed by atoms with Gasteiger partial charge < -0.3 is 0 Å². The molecule has 0 radical (unpaired) electrons. The predicted molar refractivity (Wildman–Crippen MR) is 123 cm³/mol. The van der Waals surface area contributed by atoms with Crippen LogP contribution in [0.5, 0.6) is 0 Å². The Morgan fingerprint density at radius 2 is 1.73 bits per heavy atom. The number of nitrogens with zero attached hydrogens (tertiary/aromatic N) is 2. The molecule has 11 heteroatoms. The monoisotopic (exact) mass is 471 g/mol. The van der Waals surface area contributed by atoms with Gasteiger partial charge >= 0.3 is 0 Å². The van der Waals surface area contributed by atoms with Gasteiger partial charge in [-0.3, -0.25) is 25.2 Å². The average Bonchev–Trinajstić information content (AvgIpc) is 2.77. The summed E-state index contributed by atoms with van der Waals surface area (Å²) in [5.41, 5.74) is 5.73. The summed E-state index contributed by atoms with van der Waals surface area (Å²) in [6.07, 6.45) is -0.201. The van der Waals surface area contributed by atoms with Crippen molar-refractivity contribution in [3.8, 4) is 0 Å². The van der Waals surface area contributed by atoms with Gasteiger partial charge in [0.1, 0.15) is 0 Å². The zero-order valence-electron chi connectivity index (χ0n) is 18.5. The summed E-state index contributed by atoms with van der Waals surface area (Å²) in [5.74, 6) is -1.29. The first-order valence-electron chi connectivity index (χ1n) is 10.3. The number of aromatic nitrogens is 2. The van der Waals surface area contributed by atoms with Crippen molar-refractivity contribution in [2.75, 3.05) is 6.54 Å². The lowest BCUT2D eigenvalue weighted by Crippen LogP contribution is -2.43. The smallest absolute Gasteiger partial charge is 0.273 e. The molecule has 0 atom stereocenters. The van der Waals surface area contributed by atoms with Crippen LogP contribution in [-0.4, -0.2) is 36.6 Å². The Labute approximate surface area is 191 Å². The number of rotatable bonds is 7. The van der Waals surface area contributed by atoms with Crippen LogP contribution in [-0.2, 0) is 21.4 Å². The van der Waals surface area contributed by atoms with Crippen LogP contribution < -0.4 is 21.1 Å². The van der Waals surface area contributed by atoms with E-state index in [1.54, 1.807) is 50.2 Å². The maximum Gasteiger partial charge on any atom is 0.290 e. The second kappa shape index (κ2) is 9.92. The van der Waals surface area contributed by atoms with Gasteiger partial charge in [0.25, 0.3) is 11.5 Å². The van der Waals surface area contributed by atoms with Crippen LogP contribution in [0.3, 0.4) is 0 Å². The van der Waals surface area contributed by atoms with Gasteiger partial charge in [-0.25, -0.2) is 17.8 Å². The normalized spacial score (nSPS) is 11.4. The van der Waals surface area contributed by atoms with Crippen LogP contribution in [0.1, 0.15) is 35.0 Å². The van der Waals surface area contributed by atoms with Gasteiger partial charge in [0.05, 0.1) is 10.3 Å². The minimum atomic E-state index is -3.77. The standard InChI is InChI=1S/C22H25N5O5S/c1-4-27-22(30)17-8-6-5-7-16(17)20(26-27)21(29)25-24-19(28)11-12-23-33(31,32)18-10-9-14(2)13-15(18)3/h5-10,13,23H,4,11-12H2,1-3H3,(H,24,28)(H,25,29). The zero-order chi connectivity index (χ0) is 24.2. The third-order valence-electron chi connectivity index (χ3n) is 4.96. The third kappa shape index (κ3) is 5.44. The molecular weight excluding hydrogens is 446 g/mol. The Balaban J connectivity index is 1.61. The van der Waals surface area contributed by atoms with E-state index in [4.69, 9.17) is 0 Å². The highest BCUT2D eigenvalue weighted by Crippen LogP contribution is 2.16. The van der Waals surface area contributed by atoms with Crippen LogP contribution in [0.2, 0.25) is 0 Å². The molecule has 0 bridgehead atoms. The zero-order valence-corrected chi connectivity index (χ0v) is 19.3. The Morgan fingerprint density at radius 1 is 1.03 bits per heavy atom. The van der Waals surface area contributed by atoms with E-state index in [-0.39, 0.29) is 35.7 Å². The van der Waals surface area contributed by atoms with Gasteiger partial charge in [-0.15, -0.1) is 0 Å². The number of benzene rings is 2. The van der Waals surface area contributed by atoms with E-state index in [0.717, 1.165) is 5.56 Å². The minimum absolute atomic E-state index is 0.0112. The van der Waals surface area contributed by atoms with E-state index in [1.807, 2.05) is 6.92 Å². The molecule has 0 unspecified atom stereocenters. The van der Waals surface area contributed by atoms with Crippen molar-refractivity contribution in [2.24, 2.45) is 0 Å². The van der Waals surface area contributed by atoms with Crippen LogP contribution in [0.25, 0.3) is 10.8 Å². The number of amides is 2. The van der Waals surface area contributed by atoms with Crippen molar-refractivity contribution in [3.63, 3.8) is 0 Å². The molecule has 2 amide bonds. The van der Waals surface area contributed by atoms with Crippen molar-refractivity contribution in [3.05, 3.63) is 69.6 Å². The molecule has 0 aliphatic heterocycles. The number of hydrazine groups is 1. The Hall–Kier alpha value is -3.57. The largest absolute Gasteiger partial charge is 0.290 e. The number of carbonyl (C=O) groups is 2. The van der Waals surface area contributed by atoms with Crippen molar-refractivity contribution in [2.45, 2.75) is 38.6 Å².